The van der Waals surface area contributed by atoms with Crippen molar-refractivity contribution in [3.63, 3.8) is 0 Å². The highest BCUT2D eigenvalue weighted by Gasteiger charge is 2.08. The van der Waals surface area contributed by atoms with Crippen LogP contribution in [-0.4, -0.2) is 0 Å². The molecule has 0 aliphatic heterocycles. The number of quaternary nitrogens is 1. The van der Waals surface area contributed by atoms with Crippen molar-refractivity contribution in [2.45, 2.75) is 13.8 Å². The lowest BCUT2D eigenvalue weighted by molar-refractivity contribution is -0.255. The Kier molecular flexibility index (Phi) is 2.58. The summed E-state index contributed by atoms with van der Waals surface area (Å²) in [5.41, 5.74) is 7.10. The molecule has 0 heterocycles. The fraction of sp³-hybridized carbons (Fsp3) is 0.250. The van der Waals surface area contributed by atoms with Gasteiger partial charge in [0.25, 0.3) is 0 Å². The molecule has 0 bridgehead atoms. The summed E-state index contributed by atoms with van der Waals surface area (Å²) in [5, 5.41) is 0.787. The van der Waals surface area contributed by atoms with E-state index >= 15 is 0 Å². The normalized spacial score (nSPS) is 10.3. The first-order chi connectivity index (χ1) is 5.04. The van der Waals surface area contributed by atoms with E-state index in [4.69, 9.17) is 11.6 Å². The van der Waals surface area contributed by atoms with E-state index < -0.39 is 0 Å². The summed E-state index contributed by atoms with van der Waals surface area (Å²) in [6.07, 6.45) is 0. The topological polar surface area (TPSA) is 27.6 Å². The Bertz CT molecular complexity index is 270. The molecule has 0 aromatic heterocycles. The van der Waals surface area contributed by atoms with Crippen LogP contribution in [0.5, 0.6) is 0 Å². The van der Waals surface area contributed by atoms with Gasteiger partial charge in [0.15, 0.2) is 0 Å². The molecule has 11 heavy (non-hydrogen) atoms. The summed E-state index contributed by atoms with van der Waals surface area (Å²) >= 11 is 9.39. The number of hydrogen-bond donors (Lipinski definition) is 1. The summed E-state index contributed by atoms with van der Waals surface area (Å²) in [4.78, 5) is 0. The molecule has 3 N–H and O–H groups in total. The van der Waals surface area contributed by atoms with Gasteiger partial charge in [-0.1, -0.05) is 11.6 Å². The Hall–Kier alpha value is -0.0500. The molecule has 0 unspecified atom stereocenters. The van der Waals surface area contributed by atoms with Crippen LogP contribution in [0, 0.1) is 13.8 Å². The van der Waals surface area contributed by atoms with E-state index in [9.17, 15) is 0 Å². The van der Waals surface area contributed by atoms with E-state index in [1.807, 2.05) is 19.9 Å². The molecule has 0 saturated heterocycles. The molecule has 1 nitrogen and oxygen atoms in total. The second kappa shape index (κ2) is 3.13. The van der Waals surface area contributed by atoms with Gasteiger partial charge in [0, 0.05) is 16.1 Å². The Morgan fingerprint density at radius 3 is 2.55 bits per heavy atom. The van der Waals surface area contributed by atoms with Crippen LogP contribution in [-0.2, 0) is 0 Å². The lowest BCUT2D eigenvalue weighted by atomic mass is 10.1. The molecule has 0 saturated carbocycles. The smallest absolute Gasteiger partial charge is 0.132 e. The SMILES string of the molecule is Cc1cc([NH3+])c(C)c(Br)c1Cl. The van der Waals surface area contributed by atoms with Gasteiger partial charge >= 0.3 is 0 Å². The summed E-state index contributed by atoms with van der Waals surface area (Å²) in [6, 6.07) is 1.99. The second-order valence-electron chi connectivity index (χ2n) is 2.61. The first-order valence-corrected chi connectivity index (χ1v) is 4.48. The van der Waals surface area contributed by atoms with E-state index in [1.54, 1.807) is 0 Å². The Labute approximate surface area is 79.7 Å². The summed E-state index contributed by atoms with van der Waals surface area (Å²) in [5.74, 6) is 0. The molecular formula is C8H10BrClN+. The number of hydrogen-bond acceptors (Lipinski definition) is 0. The number of rotatable bonds is 0. The first-order valence-electron chi connectivity index (χ1n) is 3.31. The van der Waals surface area contributed by atoms with E-state index in [2.05, 4.69) is 21.7 Å². The fourth-order valence-electron chi connectivity index (χ4n) is 0.912. The number of benzene rings is 1. The van der Waals surface area contributed by atoms with E-state index in [1.165, 1.54) is 0 Å². The van der Waals surface area contributed by atoms with Crippen molar-refractivity contribution in [1.29, 1.82) is 0 Å². The van der Waals surface area contributed by atoms with Crippen LogP contribution in [0.4, 0.5) is 5.69 Å². The maximum Gasteiger partial charge on any atom is 0.132 e. The van der Waals surface area contributed by atoms with Gasteiger partial charge in [0.05, 0.1) is 5.02 Å². The largest absolute Gasteiger partial charge is 0.325 e. The van der Waals surface area contributed by atoms with E-state index in [0.717, 1.165) is 26.3 Å². The van der Waals surface area contributed by atoms with Crippen LogP contribution in [0.1, 0.15) is 11.1 Å². The van der Waals surface area contributed by atoms with Crippen LogP contribution in [0.2, 0.25) is 5.02 Å². The Morgan fingerprint density at radius 1 is 1.45 bits per heavy atom. The molecule has 0 radical (unpaired) electrons. The van der Waals surface area contributed by atoms with Crippen molar-refractivity contribution in [2.75, 3.05) is 0 Å². The summed E-state index contributed by atoms with van der Waals surface area (Å²) in [7, 11) is 0. The van der Waals surface area contributed by atoms with Gasteiger partial charge in [0.1, 0.15) is 5.69 Å². The minimum absolute atomic E-state index is 0.787. The van der Waals surface area contributed by atoms with Crippen LogP contribution in [0.25, 0.3) is 0 Å². The van der Waals surface area contributed by atoms with Gasteiger partial charge < -0.3 is 5.73 Å². The standard InChI is InChI=1S/C8H9BrClN/c1-4-3-6(11)5(2)7(9)8(4)10/h3H,11H2,1-2H3/p+1. The lowest BCUT2D eigenvalue weighted by Gasteiger charge is -2.04. The molecule has 1 rings (SSSR count). The van der Waals surface area contributed by atoms with Crippen molar-refractivity contribution in [3.05, 3.63) is 26.7 Å². The zero-order valence-electron chi connectivity index (χ0n) is 6.54. The molecule has 0 atom stereocenters. The lowest BCUT2D eigenvalue weighted by Crippen LogP contribution is -2.41. The zero-order valence-corrected chi connectivity index (χ0v) is 8.88. The van der Waals surface area contributed by atoms with Crippen LogP contribution in [0.3, 0.4) is 0 Å². The molecule has 0 spiro atoms. The minimum Gasteiger partial charge on any atom is -0.325 e. The average molecular weight is 236 g/mol. The van der Waals surface area contributed by atoms with Crippen LogP contribution < -0.4 is 5.73 Å². The molecular weight excluding hydrogens is 225 g/mol. The second-order valence-corrected chi connectivity index (χ2v) is 3.78. The molecule has 1 aromatic rings. The third-order valence-corrected chi connectivity index (χ3v) is 3.45. The van der Waals surface area contributed by atoms with Crippen molar-refractivity contribution >= 4 is 33.2 Å². The highest BCUT2D eigenvalue weighted by Crippen LogP contribution is 2.31. The Morgan fingerprint density at radius 2 is 2.00 bits per heavy atom. The molecule has 60 valence electrons. The molecule has 0 aliphatic carbocycles. The average Bonchev–Trinajstić information content (AvgIpc) is 1.97. The van der Waals surface area contributed by atoms with Crippen molar-refractivity contribution in [3.8, 4) is 0 Å². The van der Waals surface area contributed by atoms with Crippen LogP contribution in [0.15, 0.2) is 10.5 Å². The molecule has 0 aliphatic rings. The maximum atomic E-state index is 5.98. The van der Waals surface area contributed by atoms with E-state index in [0.29, 0.717) is 0 Å². The minimum atomic E-state index is 0.787. The predicted octanol–water partition coefficient (Wildman–Crippen LogP) is 2.59. The van der Waals surface area contributed by atoms with E-state index in [-0.39, 0.29) is 0 Å². The summed E-state index contributed by atoms with van der Waals surface area (Å²) < 4.78 is 0.962. The van der Waals surface area contributed by atoms with Crippen molar-refractivity contribution in [2.24, 2.45) is 0 Å². The Balaban J connectivity index is 3.46. The highest BCUT2D eigenvalue weighted by atomic mass is 79.9. The maximum absolute atomic E-state index is 5.98. The van der Waals surface area contributed by atoms with Gasteiger partial charge in [-0.25, -0.2) is 0 Å². The zero-order chi connectivity index (χ0) is 8.59. The van der Waals surface area contributed by atoms with Gasteiger partial charge in [-0.3, -0.25) is 0 Å². The molecule has 0 amide bonds. The van der Waals surface area contributed by atoms with Crippen LogP contribution >= 0.6 is 27.5 Å². The molecule has 0 fully saturated rings. The third-order valence-electron chi connectivity index (χ3n) is 1.74. The molecule has 3 heteroatoms. The number of halogens is 2. The first kappa shape index (κ1) is 9.04. The third kappa shape index (κ3) is 1.58. The summed E-state index contributed by atoms with van der Waals surface area (Å²) in [6.45, 7) is 3.97. The van der Waals surface area contributed by atoms with Gasteiger partial charge in [-0.2, -0.15) is 0 Å². The quantitative estimate of drug-likeness (QED) is 0.716. The van der Waals surface area contributed by atoms with Gasteiger partial charge in [-0.05, 0) is 35.3 Å². The van der Waals surface area contributed by atoms with Crippen molar-refractivity contribution < 1.29 is 5.73 Å². The highest BCUT2D eigenvalue weighted by molar-refractivity contribution is 9.10. The molecule has 1 aromatic carbocycles. The van der Waals surface area contributed by atoms with Gasteiger partial charge in [0.2, 0.25) is 0 Å². The number of aryl methyl sites for hydroxylation is 1. The predicted molar refractivity (Wildman–Crippen MR) is 51.2 cm³/mol. The monoisotopic (exact) mass is 234 g/mol. The fourth-order valence-corrected chi connectivity index (χ4v) is 1.68. The van der Waals surface area contributed by atoms with Gasteiger partial charge in [-0.15, -0.1) is 0 Å². The van der Waals surface area contributed by atoms with Crippen molar-refractivity contribution in [1.82, 2.24) is 0 Å².